The van der Waals surface area contributed by atoms with Gasteiger partial charge < -0.3 is 10.6 Å². The smallest absolute Gasteiger partial charge is 0.0690 e. The van der Waals surface area contributed by atoms with Crippen LogP contribution in [-0.4, -0.2) is 41.4 Å². The summed E-state index contributed by atoms with van der Waals surface area (Å²) in [5, 5.41) is 5.02. The van der Waals surface area contributed by atoms with Gasteiger partial charge in [-0.25, -0.2) is 0 Å². The van der Waals surface area contributed by atoms with E-state index in [4.69, 9.17) is 10.8 Å². The number of piperidine rings is 1. The van der Waals surface area contributed by atoms with Crippen LogP contribution in [0.1, 0.15) is 67.7 Å². The van der Waals surface area contributed by atoms with E-state index in [0.29, 0.717) is 12.0 Å². The third-order valence-corrected chi connectivity index (χ3v) is 5.74. The quantitative estimate of drug-likeness (QED) is 0.926. The Kier molecular flexibility index (Phi) is 3.54. The highest BCUT2D eigenvalue weighted by Crippen LogP contribution is 2.45. The van der Waals surface area contributed by atoms with E-state index in [-0.39, 0.29) is 0 Å². The molecule has 1 aromatic rings. The van der Waals surface area contributed by atoms with Gasteiger partial charge in [-0.3, -0.25) is 4.68 Å². The second-order valence-electron chi connectivity index (χ2n) is 7.55. The second kappa shape index (κ2) is 5.40. The largest absolute Gasteiger partial charge is 0.330 e. The Morgan fingerprint density at radius 1 is 1.24 bits per heavy atom. The summed E-state index contributed by atoms with van der Waals surface area (Å²) in [5.74, 6) is 2.20. The van der Waals surface area contributed by atoms with Crippen molar-refractivity contribution in [1.29, 1.82) is 0 Å². The van der Waals surface area contributed by atoms with E-state index in [1.165, 1.54) is 57.3 Å². The molecule has 4 heteroatoms. The molecule has 0 spiro atoms. The maximum atomic E-state index is 5.76. The summed E-state index contributed by atoms with van der Waals surface area (Å²) in [4.78, 5) is 2.48. The number of hydrogen-bond donors (Lipinski definition) is 1. The highest BCUT2D eigenvalue weighted by Gasteiger charge is 2.36. The number of nitrogens with two attached hydrogens (primary N) is 1. The van der Waals surface area contributed by atoms with Gasteiger partial charge >= 0.3 is 0 Å². The van der Waals surface area contributed by atoms with Crippen molar-refractivity contribution >= 4 is 0 Å². The maximum absolute atomic E-state index is 5.76. The van der Waals surface area contributed by atoms with E-state index in [2.05, 4.69) is 22.8 Å². The molecule has 4 nitrogen and oxygen atoms in total. The lowest BCUT2D eigenvalue weighted by Gasteiger charge is -2.34. The topological polar surface area (TPSA) is 47.1 Å². The number of rotatable bonds is 4. The summed E-state index contributed by atoms with van der Waals surface area (Å²) in [7, 11) is 2.26. The summed E-state index contributed by atoms with van der Waals surface area (Å²) in [6.07, 6.45) is 10.2. The monoisotopic (exact) mass is 288 g/mol. The zero-order valence-electron chi connectivity index (χ0n) is 13.2. The first-order chi connectivity index (χ1) is 10.2. The SMILES string of the molecule is CN1CCCC(c2cn(C3CC(CN)C3)nc2C2CC2)C1. The number of nitrogens with zero attached hydrogens (tertiary/aromatic N) is 3. The van der Waals surface area contributed by atoms with E-state index in [1.54, 1.807) is 5.56 Å². The molecule has 1 atom stereocenters. The maximum Gasteiger partial charge on any atom is 0.0690 e. The van der Waals surface area contributed by atoms with E-state index in [1.807, 2.05) is 0 Å². The first-order valence-electron chi connectivity index (χ1n) is 8.72. The van der Waals surface area contributed by atoms with Crippen LogP contribution < -0.4 is 5.73 Å². The van der Waals surface area contributed by atoms with Gasteiger partial charge in [0.25, 0.3) is 0 Å². The molecule has 0 amide bonds. The minimum atomic E-state index is 0.617. The molecule has 2 aliphatic carbocycles. The Morgan fingerprint density at radius 2 is 2.05 bits per heavy atom. The van der Waals surface area contributed by atoms with Crippen LogP contribution in [0.3, 0.4) is 0 Å². The minimum Gasteiger partial charge on any atom is -0.330 e. The molecule has 4 rings (SSSR count). The summed E-state index contributed by atoms with van der Waals surface area (Å²) >= 11 is 0. The van der Waals surface area contributed by atoms with Crippen molar-refractivity contribution in [3.63, 3.8) is 0 Å². The molecule has 1 aliphatic heterocycles. The third kappa shape index (κ3) is 2.64. The lowest BCUT2D eigenvalue weighted by Crippen LogP contribution is -2.32. The van der Waals surface area contributed by atoms with Gasteiger partial charge in [0.1, 0.15) is 0 Å². The normalized spacial score (nSPS) is 33.9. The van der Waals surface area contributed by atoms with E-state index < -0.39 is 0 Å². The molecule has 3 aliphatic rings. The van der Waals surface area contributed by atoms with Crippen molar-refractivity contribution in [3.8, 4) is 0 Å². The first-order valence-corrected chi connectivity index (χ1v) is 8.72. The fourth-order valence-electron chi connectivity index (χ4n) is 4.12. The summed E-state index contributed by atoms with van der Waals surface area (Å²) in [6.45, 7) is 3.30. The summed E-state index contributed by atoms with van der Waals surface area (Å²) in [6, 6.07) is 0.617. The van der Waals surface area contributed by atoms with Crippen molar-refractivity contribution in [2.24, 2.45) is 11.7 Å². The zero-order chi connectivity index (χ0) is 14.4. The number of likely N-dealkylation sites (tertiary alicyclic amines) is 1. The van der Waals surface area contributed by atoms with Gasteiger partial charge in [-0.05, 0) is 70.1 Å². The number of hydrogen-bond acceptors (Lipinski definition) is 3. The highest BCUT2D eigenvalue weighted by atomic mass is 15.3. The van der Waals surface area contributed by atoms with Crippen LogP contribution >= 0.6 is 0 Å². The average molecular weight is 288 g/mol. The standard InChI is InChI=1S/C17H28N4/c1-20-6-2-3-14(10-20)16-11-21(15-7-12(8-15)9-18)19-17(16)13-4-5-13/h11-15H,2-10,18H2,1H3. The van der Waals surface area contributed by atoms with Gasteiger partial charge in [-0.2, -0.15) is 5.10 Å². The van der Waals surface area contributed by atoms with Crippen LogP contribution in [0.15, 0.2) is 6.20 Å². The molecule has 116 valence electrons. The van der Waals surface area contributed by atoms with Crippen LogP contribution in [0.5, 0.6) is 0 Å². The van der Waals surface area contributed by atoms with Crippen LogP contribution in [0.4, 0.5) is 0 Å². The predicted octanol–water partition coefficient (Wildman–Crippen LogP) is 2.48. The van der Waals surface area contributed by atoms with Crippen molar-refractivity contribution in [1.82, 2.24) is 14.7 Å². The van der Waals surface area contributed by atoms with Gasteiger partial charge in [-0.15, -0.1) is 0 Å². The van der Waals surface area contributed by atoms with Crippen molar-refractivity contribution in [2.75, 3.05) is 26.7 Å². The van der Waals surface area contributed by atoms with E-state index in [9.17, 15) is 0 Å². The molecular formula is C17H28N4. The Morgan fingerprint density at radius 3 is 2.71 bits per heavy atom. The summed E-state index contributed by atoms with van der Waals surface area (Å²) < 4.78 is 2.30. The van der Waals surface area contributed by atoms with Gasteiger partial charge in [0.15, 0.2) is 0 Å². The van der Waals surface area contributed by atoms with Gasteiger partial charge in [0.2, 0.25) is 0 Å². The molecule has 21 heavy (non-hydrogen) atoms. The van der Waals surface area contributed by atoms with E-state index >= 15 is 0 Å². The van der Waals surface area contributed by atoms with Crippen LogP contribution in [0, 0.1) is 5.92 Å². The van der Waals surface area contributed by atoms with Crippen molar-refractivity contribution in [3.05, 3.63) is 17.5 Å². The number of aromatic nitrogens is 2. The molecule has 1 aromatic heterocycles. The minimum absolute atomic E-state index is 0.617. The zero-order valence-corrected chi connectivity index (χ0v) is 13.2. The Balaban J connectivity index is 1.55. The fourth-order valence-corrected chi connectivity index (χ4v) is 4.12. The van der Waals surface area contributed by atoms with Crippen LogP contribution in [0.2, 0.25) is 0 Å². The van der Waals surface area contributed by atoms with Crippen molar-refractivity contribution < 1.29 is 0 Å². The van der Waals surface area contributed by atoms with Gasteiger partial charge in [0, 0.05) is 24.6 Å². The Bertz CT molecular complexity index is 499. The molecule has 1 saturated heterocycles. The molecule has 1 unspecified atom stereocenters. The van der Waals surface area contributed by atoms with Gasteiger partial charge in [-0.1, -0.05) is 0 Å². The lowest BCUT2D eigenvalue weighted by atomic mass is 9.80. The molecule has 2 N–H and O–H groups in total. The lowest BCUT2D eigenvalue weighted by molar-refractivity contribution is 0.189. The Hall–Kier alpha value is -0.870. The van der Waals surface area contributed by atoms with Crippen LogP contribution in [-0.2, 0) is 0 Å². The van der Waals surface area contributed by atoms with E-state index in [0.717, 1.165) is 18.4 Å². The molecular weight excluding hydrogens is 260 g/mol. The molecule has 0 bridgehead atoms. The molecule has 3 fully saturated rings. The van der Waals surface area contributed by atoms with Crippen LogP contribution in [0.25, 0.3) is 0 Å². The highest BCUT2D eigenvalue weighted by molar-refractivity contribution is 5.29. The molecule has 0 radical (unpaired) electrons. The van der Waals surface area contributed by atoms with Crippen molar-refractivity contribution in [2.45, 2.75) is 56.4 Å². The van der Waals surface area contributed by atoms with Gasteiger partial charge in [0.05, 0.1) is 11.7 Å². The molecule has 2 saturated carbocycles. The third-order valence-electron chi connectivity index (χ3n) is 5.74. The fraction of sp³-hybridized carbons (Fsp3) is 0.824. The number of likely N-dealkylation sites (N-methyl/N-ethyl adjacent to an activating group) is 1. The molecule has 0 aromatic carbocycles. The first kappa shape index (κ1) is 13.8. The molecule has 2 heterocycles. The Labute approximate surface area is 127 Å². The predicted molar refractivity (Wildman–Crippen MR) is 84.5 cm³/mol. The second-order valence-corrected chi connectivity index (χ2v) is 7.55. The summed E-state index contributed by atoms with van der Waals surface area (Å²) in [5.41, 5.74) is 8.77. The average Bonchev–Trinajstić information content (AvgIpc) is 3.18.